The molecule has 1 nitrogen and oxygen atoms in total. The van der Waals surface area contributed by atoms with Gasteiger partial charge in [-0.25, -0.2) is 0 Å². The summed E-state index contributed by atoms with van der Waals surface area (Å²) < 4.78 is 0. The van der Waals surface area contributed by atoms with E-state index in [1.165, 1.54) is 29.2 Å². The minimum Gasteiger partial charge on any atom is -0.366 e. The lowest BCUT2D eigenvalue weighted by molar-refractivity contribution is 0.930. The van der Waals surface area contributed by atoms with Crippen molar-refractivity contribution in [2.75, 3.05) is 0 Å². The van der Waals surface area contributed by atoms with Crippen LogP contribution in [0.5, 0.6) is 0 Å². The van der Waals surface area contributed by atoms with Gasteiger partial charge in [0, 0.05) is 17.8 Å². The van der Waals surface area contributed by atoms with E-state index in [4.69, 9.17) is 0 Å². The minimum absolute atomic E-state index is 1.18. The quantitative estimate of drug-likeness (QED) is 0.693. The Morgan fingerprint density at radius 3 is 3.00 bits per heavy atom. The Morgan fingerprint density at radius 1 is 1.25 bits per heavy atom. The summed E-state index contributed by atoms with van der Waals surface area (Å²) in [6.07, 6.45) is 6.52. The molecular weight excluding hydrogens is 146 g/mol. The van der Waals surface area contributed by atoms with Gasteiger partial charge in [0.05, 0.1) is 0 Å². The molecule has 12 heavy (non-hydrogen) atoms. The number of fused-ring (bicyclic) bond motifs is 1. The third-order valence-corrected chi connectivity index (χ3v) is 2.22. The highest BCUT2D eigenvalue weighted by molar-refractivity contribution is 5.85. The lowest BCUT2D eigenvalue weighted by Gasteiger charge is -1.99. The summed E-state index contributed by atoms with van der Waals surface area (Å²) in [6, 6.07) is 6.48. The monoisotopic (exact) mass is 159 g/mol. The van der Waals surface area contributed by atoms with Gasteiger partial charge in [0.1, 0.15) is 0 Å². The fourth-order valence-corrected chi connectivity index (χ4v) is 1.64. The molecule has 0 fully saturated rings. The van der Waals surface area contributed by atoms with Crippen molar-refractivity contribution in [1.29, 1.82) is 0 Å². The first kappa shape index (κ1) is 7.41. The number of aryl methyl sites for hydroxylation is 1. The number of benzene rings is 1. The molecule has 0 bridgehead atoms. The number of aromatic nitrogens is 1. The molecule has 0 saturated heterocycles. The van der Waals surface area contributed by atoms with E-state index in [9.17, 15) is 0 Å². The van der Waals surface area contributed by atoms with E-state index in [0.717, 1.165) is 0 Å². The third kappa shape index (κ3) is 1.11. The van der Waals surface area contributed by atoms with Crippen LogP contribution >= 0.6 is 0 Å². The van der Waals surface area contributed by atoms with Crippen LogP contribution in [0.4, 0.5) is 0 Å². The first-order chi connectivity index (χ1) is 5.92. The van der Waals surface area contributed by atoms with E-state index >= 15 is 0 Å². The average molecular weight is 159 g/mol. The predicted molar refractivity (Wildman–Crippen MR) is 52.3 cm³/mol. The van der Waals surface area contributed by atoms with Gasteiger partial charge in [-0.05, 0) is 17.4 Å². The molecule has 0 radical (unpaired) electrons. The first-order valence-corrected chi connectivity index (χ1v) is 4.46. The van der Waals surface area contributed by atoms with Gasteiger partial charge in [0.15, 0.2) is 0 Å². The molecule has 0 saturated carbocycles. The third-order valence-electron chi connectivity index (χ3n) is 2.22. The van der Waals surface area contributed by atoms with E-state index < -0.39 is 0 Å². The molecule has 0 unspecified atom stereocenters. The summed E-state index contributed by atoms with van der Waals surface area (Å²) in [4.78, 5) is 3.14. The summed E-state index contributed by atoms with van der Waals surface area (Å²) in [5.74, 6) is 0. The summed E-state index contributed by atoms with van der Waals surface area (Å²) in [5.41, 5.74) is 1.45. The fraction of sp³-hybridized carbons (Fsp3) is 0.273. The molecule has 0 atom stereocenters. The standard InChI is InChI=1S/C11H13N/c1-2-4-9-5-3-6-10-7-12-8-11(9)10/h3,5-8,12H,2,4H2,1H3. The van der Waals surface area contributed by atoms with Gasteiger partial charge in [-0.15, -0.1) is 0 Å². The van der Waals surface area contributed by atoms with Crippen LogP contribution in [0.1, 0.15) is 18.9 Å². The highest BCUT2D eigenvalue weighted by Crippen LogP contribution is 2.18. The number of rotatable bonds is 2. The molecule has 62 valence electrons. The number of aromatic amines is 1. The second-order valence-electron chi connectivity index (χ2n) is 3.13. The van der Waals surface area contributed by atoms with Crippen molar-refractivity contribution in [3.63, 3.8) is 0 Å². The Morgan fingerprint density at radius 2 is 2.17 bits per heavy atom. The maximum absolute atomic E-state index is 3.14. The normalized spacial score (nSPS) is 10.8. The zero-order valence-electron chi connectivity index (χ0n) is 7.30. The molecule has 0 aliphatic heterocycles. The Hall–Kier alpha value is -1.24. The van der Waals surface area contributed by atoms with Gasteiger partial charge >= 0.3 is 0 Å². The number of hydrogen-bond donors (Lipinski definition) is 1. The van der Waals surface area contributed by atoms with Gasteiger partial charge in [0.25, 0.3) is 0 Å². The van der Waals surface area contributed by atoms with Crippen molar-refractivity contribution in [2.45, 2.75) is 19.8 Å². The Labute approximate surface area is 72.4 Å². The van der Waals surface area contributed by atoms with E-state index in [-0.39, 0.29) is 0 Å². The van der Waals surface area contributed by atoms with Crippen molar-refractivity contribution >= 4 is 10.8 Å². The number of nitrogens with one attached hydrogen (secondary N) is 1. The van der Waals surface area contributed by atoms with Crippen LogP contribution in [0.3, 0.4) is 0 Å². The van der Waals surface area contributed by atoms with Crippen LogP contribution in [-0.2, 0) is 6.42 Å². The lowest BCUT2D eigenvalue weighted by atomic mass is 10.1. The predicted octanol–water partition coefficient (Wildman–Crippen LogP) is 3.12. The SMILES string of the molecule is CCCc1cccc2c[nH]cc12. The zero-order valence-corrected chi connectivity index (χ0v) is 7.30. The van der Waals surface area contributed by atoms with Crippen molar-refractivity contribution in [3.8, 4) is 0 Å². The fourth-order valence-electron chi connectivity index (χ4n) is 1.64. The molecule has 0 aliphatic carbocycles. The molecule has 2 rings (SSSR count). The van der Waals surface area contributed by atoms with Crippen LogP contribution in [0.2, 0.25) is 0 Å². The van der Waals surface area contributed by atoms with Gasteiger partial charge in [-0.2, -0.15) is 0 Å². The molecule has 1 heteroatoms. The zero-order chi connectivity index (χ0) is 8.39. The Kier molecular flexibility index (Phi) is 1.86. The molecule has 0 aliphatic rings. The van der Waals surface area contributed by atoms with Crippen molar-refractivity contribution in [1.82, 2.24) is 4.98 Å². The highest BCUT2D eigenvalue weighted by Gasteiger charge is 1.98. The van der Waals surface area contributed by atoms with Gasteiger partial charge < -0.3 is 4.98 Å². The molecule has 1 heterocycles. The van der Waals surface area contributed by atoms with Gasteiger partial charge in [-0.3, -0.25) is 0 Å². The van der Waals surface area contributed by atoms with Gasteiger partial charge in [0.2, 0.25) is 0 Å². The molecule has 1 N–H and O–H groups in total. The molecule has 0 spiro atoms. The largest absolute Gasteiger partial charge is 0.366 e. The molecule has 1 aromatic heterocycles. The topological polar surface area (TPSA) is 15.8 Å². The summed E-state index contributed by atoms with van der Waals surface area (Å²) in [5, 5.41) is 2.69. The molecule has 0 amide bonds. The van der Waals surface area contributed by atoms with Crippen LogP contribution in [0.25, 0.3) is 10.8 Å². The first-order valence-electron chi connectivity index (χ1n) is 4.46. The summed E-state index contributed by atoms with van der Waals surface area (Å²) in [7, 11) is 0. The molecule has 2 aromatic rings. The van der Waals surface area contributed by atoms with Gasteiger partial charge in [-0.1, -0.05) is 31.5 Å². The van der Waals surface area contributed by atoms with Crippen LogP contribution < -0.4 is 0 Å². The average Bonchev–Trinajstić information content (AvgIpc) is 2.53. The molecule has 1 aromatic carbocycles. The van der Waals surface area contributed by atoms with Crippen molar-refractivity contribution in [3.05, 3.63) is 36.2 Å². The minimum atomic E-state index is 1.18. The van der Waals surface area contributed by atoms with E-state index in [2.05, 4.69) is 42.5 Å². The van der Waals surface area contributed by atoms with Crippen molar-refractivity contribution < 1.29 is 0 Å². The van der Waals surface area contributed by atoms with Crippen molar-refractivity contribution in [2.24, 2.45) is 0 Å². The van der Waals surface area contributed by atoms with E-state index in [1.54, 1.807) is 0 Å². The van der Waals surface area contributed by atoms with Crippen LogP contribution in [0, 0.1) is 0 Å². The summed E-state index contributed by atoms with van der Waals surface area (Å²) in [6.45, 7) is 2.21. The second kappa shape index (κ2) is 3.02. The Balaban J connectivity index is 2.57. The van der Waals surface area contributed by atoms with E-state index in [1.807, 2.05) is 0 Å². The number of hydrogen-bond acceptors (Lipinski definition) is 0. The van der Waals surface area contributed by atoms with E-state index in [0.29, 0.717) is 0 Å². The maximum atomic E-state index is 3.14. The highest BCUT2D eigenvalue weighted by atomic mass is 14.6. The second-order valence-corrected chi connectivity index (χ2v) is 3.13. The maximum Gasteiger partial charge on any atom is 0.00871 e. The van der Waals surface area contributed by atoms with Crippen LogP contribution in [-0.4, -0.2) is 4.98 Å². The molecular formula is C11H13N. The lowest BCUT2D eigenvalue weighted by Crippen LogP contribution is -1.82. The summed E-state index contributed by atoms with van der Waals surface area (Å²) >= 11 is 0. The smallest absolute Gasteiger partial charge is 0.00871 e. The number of H-pyrrole nitrogens is 1. The Bertz CT molecular complexity index is 373. The van der Waals surface area contributed by atoms with Crippen LogP contribution in [0.15, 0.2) is 30.6 Å².